The first-order valence-corrected chi connectivity index (χ1v) is 12.5. The Kier molecular flexibility index (Phi) is 6.72. The Morgan fingerprint density at radius 1 is 0.969 bits per heavy atom. The Morgan fingerprint density at radius 2 is 1.62 bits per heavy atom. The minimum absolute atomic E-state index is 0.0118. The maximum Gasteiger partial charge on any atom is 0.236 e. The fourth-order valence-corrected chi connectivity index (χ4v) is 5.45. The van der Waals surface area contributed by atoms with E-state index in [1.807, 2.05) is 61.5 Å². The summed E-state index contributed by atoms with van der Waals surface area (Å²) in [6.07, 6.45) is 2.65. The van der Waals surface area contributed by atoms with Crippen LogP contribution in [-0.4, -0.2) is 31.7 Å². The number of hydrogen-bond donors (Lipinski definition) is 1. The molecule has 0 aliphatic carbocycles. The van der Waals surface area contributed by atoms with Gasteiger partial charge in [-0.3, -0.25) is 4.79 Å². The molecular weight excluding hydrogens is 420 g/mol. The third-order valence-electron chi connectivity index (χ3n) is 6.07. The first-order valence-electron chi connectivity index (χ1n) is 11.0. The fourth-order valence-electron chi connectivity index (χ4n) is 4.22. The second-order valence-corrected chi connectivity index (χ2v) is 10.0. The lowest BCUT2D eigenvalue weighted by Crippen LogP contribution is -2.42. The summed E-state index contributed by atoms with van der Waals surface area (Å²) in [5.41, 5.74) is 1.93. The number of hydrogen-bond acceptors (Lipinski definition) is 3. The number of fused-ring (bicyclic) bond motifs is 1. The van der Waals surface area contributed by atoms with Crippen LogP contribution in [0.4, 0.5) is 0 Å². The highest BCUT2D eigenvalue weighted by Gasteiger charge is 2.30. The van der Waals surface area contributed by atoms with Crippen molar-refractivity contribution >= 4 is 32.8 Å². The molecule has 0 spiro atoms. The number of carbonyl (C=O) groups is 1. The molecule has 4 rings (SSSR count). The lowest BCUT2D eigenvalue weighted by atomic mass is 9.95. The molecule has 1 amide bonds. The highest BCUT2D eigenvalue weighted by atomic mass is 32.2. The van der Waals surface area contributed by atoms with Gasteiger partial charge in [0.15, 0.2) is 0 Å². The molecule has 3 aromatic carbocycles. The van der Waals surface area contributed by atoms with Gasteiger partial charge in [0.05, 0.1) is 6.04 Å². The number of benzene rings is 3. The number of nitrogens with zero attached hydrogens (tertiary/aromatic N) is 1. The molecule has 6 heteroatoms. The molecule has 1 fully saturated rings. The molecule has 1 atom stereocenters. The normalized spacial score (nSPS) is 16.9. The average Bonchev–Trinajstić information content (AvgIpc) is 2.83. The predicted octanol–water partition coefficient (Wildman–Crippen LogP) is 4.73. The Hall–Kier alpha value is -2.96. The first kappa shape index (κ1) is 22.2. The van der Waals surface area contributed by atoms with Gasteiger partial charge in [0.2, 0.25) is 15.9 Å². The van der Waals surface area contributed by atoms with Crippen molar-refractivity contribution in [1.82, 2.24) is 9.62 Å². The first-order chi connectivity index (χ1) is 15.4. The molecule has 1 aliphatic rings. The van der Waals surface area contributed by atoms with Gasteiger partial charge in [-0.25, -0.2) is 8.42 Å². The van der Waals surface area contributed by atoms with Crippen LogP contribution in [0.1, 0.15) is 36.9 Å². The van der Waals surface area contributed by atoms with Crippen LogP contribution in [-0.2, 0) is 14.8 Å². The van der Waals surface area contributed by atoms with Gasteiger partial charge in [0, 0.05) is 24.4 Å². The van der Waals surface area contributed by atoms with E-state index >= 15 is 0 Å². The van der Waals surface area contributed by atoms with Crippen molar-refractivity contribution in [2.45, 2.75) is 25.8 Å². The quantitative estimate of drug-likeness (QED) is 0.593. The Morgan fingerprint density at radius 3 is 2.38 bits per heavy atom. The number of amides is 1. The lowest BCUT2D eigenvalue weighted by molar-refractivity contribution is -0.126. The van der Waals surface area contributed by atoms with E-state index in [0.717, 1.165) is 21.9 Å². The lowest BCUT2D eigenvalue weighted by Gasteiger charge is -2.30. The smallest absolute Gasteiger partial charge is 0.236 e. The summed E-state index contributed by atoms with van der Waals surface area (Å²) >= 11 is 0. The Balaban J connectivity index is 1.35. The van der Waals surface area contributed by atoms with E-state index in [0.29, 0.717) is 25.9 Å². The maximum atomic E-state index is 12.9. The van der Waals surface area contributed by atoms with E-state index in [4.69, 9.17) is 0 Å². The highest BCUT2D eigenvalue weighted by molar-refractivity contribution is 7.92. The van der Waals surface area contributed by atoms with E-state index in [9.17, 15) is 13.2 Å². The van der Waals surface area contributed by atoms with Crippen LogP contribution in [0.15, 0.2) is 78.2 Å². The predicted molar refractivity (Wildman–Crippen MR) is 129 cm³/mol. The SMILES string of the molecule is CC(NC(=O)C1CCN(S(=O)(=O)/C=C/c2ccccc2)CC1)c1cccc2ccccc12. The van der Waals surface area contributed by atoms with Crippen LogP contribution in [0, 0.1) is 5.92 Å². The van der Waals surface area contributed by atoms with E-state index < -0.39 is 10.0 Å². The molecule has 1 aliphatic heterocycles. The Bertz CT molecular complexity index is 1210. The van der Waals surface area contributed by atoms with Crippen LogP contribution in [0.5, 0.6) is 0 Å². The zero-order valence-corrected chi connectivity index (χ0v) is 19.0. The van der Waals surface area contributed by atoms with Crippen molar-refractivity contribution in [1.29, 1.82) is 0 Å². The van der Waals surface area contributed by atoms with E-state index in [-0.39, 0.29) is 17.9 Å². The summed E-state index contributed by atoms with van der Waals surface area (Å²) < 4.78 is 26.8. The monoisotopic (exact) mass is 448 g/mol. The van der Waals surface area contributed by atoms with Crippen molar-refractivity contribution in [3.63, 3.8) is 0 Å². The van der Waals surface area contributed by atoms with Crippen LogP contribution in [0.3, 0.4) is 0 Å². The maximum absolute atomic E-state index is 12.9. The van der Waals surface area contributed by atoms with Crippen LogP contribution < -0.4 is 5.32 Å². The topological polar surface area (TPSA) is 66.5 Å². The minimum atomic E-state index is -3.50. The molecule has 1 unspecified atom stereocenters. The molecule has 0 bridgehead atoms. The van der Waals surface area contributed by atoms with Gasteiger partial charge in [-0.1, -0.05) is 72.8 Å². The number of sulfonamides is 1. The van der Waals surface area contributed by atoms with Crippen LogP contribution in [0.25, 0.3) is 16.8 Å². The molecule has 1 N–H and O–H groups in total. The van der Waals surface area contributed by atoms with Gasteiger partial charge in [-0.05, 0) is 47.7 Å². The number of nitrogens with one attached hydrogen (secondary N) is 1. The van der Waals surface area contributed by atoms with Crippen LogP contribution >= 0.6 is 0 Å². The van der Waals surface area contributed by atoms with Gasteiger partial charge >= 0.3 is 0 Å². The minimum Gasteiger partial charge on any atom is -0.349 e. The second kappa shape index (κ2) is 9.67. The van der Waals surface area contributed by atoms with Crippen LogP contribution in [0.2, 0.25) is 0 Å². The molecule has 0 radical (unpaired) electrons. The van der Waals surface area contributed by atoms with Gasteiger partial charge in [-0.2, -0.15) is 4.31 Å². The number of piperidine rings is 1. The van der Waals surface area contributed by atoms with Crippen molar-refractivity contribution < 1.29 is 13.2 Å². The van der Waals surface area contributed by atoms with Gasteiger partial charge in [0.25, 0.3) is 0 Å². The summed E-state index contributed by atoms with van der Waals surface area (Å²) in [5, 5.41) is 6.67. The summed E-state index contributed by atoms with van der Waals surface area (Å²) in [6, 6.07) is 23.5. The second-order valence-electron chi connectivity index (χ2n) is 8.23. The van der Waals surface area contributed by atoms with Gasteiger partial charge in [0.1, 0.15) is 0 Å². The third kappa shape index (κ3) is 5.09. The molecule has 166 valence electrons. The third-order valence-corrected chi connectivity index (χ3v) is 7.63. The van der Waals surface area contributed by atoms with E-state index in [1.165, 1.54) is 9.71 Å². The van der Waals surface area contributed by atoms with E-state index in [1.54, 1.807) is 6.08 Å². The average molecular weight is 449 g/mol. The van der Waals surface area contributed by atoms with Crippen molar-refractivity contribution in [3.05, 3.63) is 89.3 Å². The molecular formula is C26H28N2O3S. The highest BCUT2D eigenvalue weighted by Crippen LogP contribution is 2.26. The van der Waals surface area contributed by atoms with Gasteiger partial charge < -0.3 is 5.32 Å². The zero-order chi connectivity index (χ0) is 22.6. The fraction of sp³-hybridized carbons (Fsp3) is 0.269. The molecule has 0 aromatic heterocycles. The van der Waals surface area contributed by atoms with Crippen molar-refractivity contribution in [3.8, 4) is 0 Å². The summed E-state index contributed by atoms with van der Waals surface area (Å²) in [5.74, 6) is -0.195. The Labute approximate surface area is 189 Å². The van der Waals surface area contributed by atoms with Gasteiger partial charge in [-0.15, -0.1) is 0 Å². The van der Waals surface area contributed by atoms with Crippen molar-refractivity contribution in [2.75, 3.05) is 13.1 Å². The van der Waals surface area contributed by atoms with E-state index in [2.05, 4.69) is 23.5 Å². The molecule has 5 nitrogen and oxygen atoms in total. The summed E-state index contributed by atoms with van der Waals surface area (Å²) in [7, 11) is -3.50. The molecule has 3 aromatic rings. The summed E-state index contributed by atoms with van der Waals surface area (Å²) in [6.45, 7) is 2.69. The molecule has 1 heterocycles. The molecule has 0 saturated carbocycles. The number of rotatable bonds is 6. The zero-order valence-electron chi connectivity index (χ0n) is 18.1. The molecule has 1 saturated heterocycles. The van der Waals surface area contributed by atoms with Crippen molar-refractivity contribution in [2.24, 2.45) is 5.92 Å². The number of carbonyl (C=O) groups excluding carboxylic acids is 1. The standard InChI is InChI=1S/C26H28N2O3S/c1-20(24-13-7-11-22-10-5-6-12-25(22)24)27-26(29)23-14-17-28(18-15-23)32(30,31)19-16-21-8-3-2-4-9-21/h2-13,16,19-20,23H,14-15,17-18H2,1H3,(H,27,29)/b19-16+. The summed E-state index contributed by atoms with van der Waals surface area (Å²) in [4.78, 5) is 12.9. The molecule has 32 heavy (non-hydrogen) atoms. The largest absolute Gasteiger partial charge is 0.349 e.